The Hall–Kier alpha value is -1.83. The molecule has 1 heterocycles. The van der Waals surface area contributed by atoms with E-state index in [1.165, 1.54) is 0 Å². The summed E-state index contributed by atoms with van der Waals surface area (Å²) in [6.07, 6.45) is -3.74. The third-order valence-corrected chi connectivity index (χ3v) is 3.61. The Bertz CT molecular complexity index is 534. The number of hydrogen-bond donors (Lipinski definition) is 1. The van der Waals surface area contributed by atoms with E-state index in [1.54, 1.807) is 0 Å². The molecule has 1 saturated heterocycles. The highest BCUT2D eigenvalue weighted by molar-refractivity contribution is 5.63. The highest BCUT2D eigenvalue weighted by Crippen LogP contribution is 2.35. The molecule has 1 aromatic rings. The number of nitro benzene ring substituents is 1. The van der Waals surface area contributed by atoms with E-state index in [9.17, 15) is 23.3 Å². The standard InChI is InChI=1S/C13H15F3N2O3/c1-8-9(4-5-21-8)7-17-11-3-2-10(13(14,15)16)6-12(11)18(19)20/h2-3,6,8-9,17H,4-5,7H2,1H3. The molecule has 1 fully saturated rings. The minimum Gasteiger partial charge on any atom is -0.379 e. The average Bonchev–Trinajstić information content (AvgIpc) is 2.80. The van der Waals surface area contributed by atoms with Gasteiger partial charge in [0, 0.05) is 25.1 Å². The second kappa shape index (κ2) is 5.88. The number of nitrogens with one attached hydrogen (secondary N) is 1. The van der Waals surface area contributed by atoms with Crippen molar-refractivity contribution < 1.29 is 22.8 Å². The van der Waals surface area contributed by atoms with Crippen LogP contribution in [0.5, 0.6) is 0 Å². The van der Waals surface area contributed by atoms with E-state index in [0.717, 1.165) is 18.6 Å². The lowest BCUT2D eigenvalue weighted by Gasteiger charge is -2.16. The van der Waals surface area contributed by atoms with Crippen LogP contribution in [0.25, 0.3) is 0 Å². The van der Waals surface area contributed by atoms with Crippen molar-refractivity contribution in [2.75, 3.05) is 18.5 Å². The summed E-state index contributed by atoms with van der Waals surface area (Å²) >= 11 is 0. The van der Waals surface area contributed by atoms with Crippen LogP contribution >= 0.6 is 0 Å². The number of anilines is 1. The van der Waals surface area contributed by atoms with Crippen LogP contribution in [0.3, 0.4) is 0 Å². The van der Waals surface area contributed by atoms with Gasteiger partial charge in [-0.05, 0) is 25.5 Å². The van der Waals surface area contributed by atoms with E-state index in [-0.39, 0.29) is 17.7 Å². The van der Waals surface area contributed by atoms with E-state index in [2.05, 4.69) is 5.32 Å². The Kier molecular flexibility index (Phi) is 4.36. The van der Waals surface area contributed by atoms with Gasteiger partial charge in [0.2, 0.25) is 0 Å². The normalized spacial score (nSPS) is 22.3. The van der Waals surface area contributed by atoms with Crippen molar-refractivity contribution in [3.05, 3.63) is 33.9 Å². The second-order valence-electron chi connectivity index (χ2n) is 4.99. The average molecular weight is 304 g/mol. The molecule has 116 valence electrons. The number of hydrogen-bond acceptors (Lipinski definition) is 4. The van der Waals surface area contributed by atoms with Gasteiger partial charge in [0.1, 0.15) is 5.69 Å². The molecule has 0 radical (unpaired) electrons. The molecule has 0 aliphatic carbocycles. The zero-order valence-electron chi connectivity index (χ0n) is 11.3. The van der Waals surface area contributed by atoms with Crippen molar-refractivity contribution in [1.82, 2.24) is 0 Å². The summed E-state index contributed by atoms with van der Waals surface area (Å²) in [6.45, 7) is 2.95. The van der Waals surface area contributed by atoms with Crippen LogP contribution in [0.1, 0.15) is 18.9 Å². The van der Waals surface area contributed by atoms with Crippen LogP contribution in [0, 0.1) is 16.0 Å². The molecular formula is C13H15F3N2O3. The monoisotopic (exact) mass is 304 g/mol. The van der Waals surface area contributed by atoms with E-state index >= 15 is 0 Å². The predicted octanol–water partition coefficient (Wildman–Crippen LogP) is 3.45. The molecule has 2 unspecified atom stereocenters. The topological polar surface area (TPSA) is 64.4 Å². The molecule has 0 saturated carbocycles. The molecule has 8 heteroatoms. The van der Waals surface area contributed by atoms with Gasteiger partial charge in [0.25, 0.3) is 5.69 Å². The van der Waals surface area contributed by atoms with E-state index in [0.29, 0.717) is 19.2 Å². The molecule has 2 rings (SSSR count). The quantitative estimate of drug-likeness (QED) is 0.683. The molecular weight excluding hydrogens is 289 g/mol. The molecule has 1 N–H and O–H groups in total. The maximum atomic E-state index is 12.6. The number of alkyl halides is 3. The molecule has 21 heavy (non-hydrogen) atoms. The van der Waals surface area contributed by atoms with Crippen LogP contribution in [-0.2, 0) is 10.9 Å². The predicted molar refractivity (Wildman–Crippen MR) is 70.1 cm³/mol. The fraction of sp³-hybridized carbons (Fsp3) is 0.538. The van der Waals surface area contributed by atoms with Crippen molar-refractivity contribution in [2.24, 2.45) is 5.92 Å². The molecule has 5 nitrogen and oxygen atoms in total. The SMILES string of the molecule is CC1OCCC1CNc1ccc(C(F)(F)F)cc1[N+](=O)[O-]. The maximum Gasteiger partial charge on any atom is 0.416 e. The number of nitro groups is 1. The lowest BCUT2D eigenvalue weighted by Crippen LogP contribution is -2.21. The first-order chi connectivity index (χ1) is 9.79. The van der Waals surface area contributed by atoms with Gasteiger partial charge < -0.3 is 10.1 Å². The minimum absolute atomic E-state index is 0.0333. The van der Waals surface area contributed by atoms with Crippen LogP contribution < -0.4 is 5.32 Å². The Labute approximate surface area is 119 Å². The highest BCUT2D eigenvalue weighted by Gasteiger charge is 2.33. The Morgan fingerprint density at radius 1 is 1.48 bits per heavy atom. The van der Waals surface area contributed by atoms with Crippen LogP contribution in [0.4, 0.5) is 24.5 Å². The molecule has 0 bridgehead atoms. The van der Waals surface area contributed by atoms with Crippen LogP contribution in [0.2, 0.25) is 0 Å². The molecule has 1 aliphatic rings. The lowest BCUT2D eigenvalue weighted by atomic mass is 10.0. The van der Waals surface area contributed by atoms with Crippen LogP contribution in [-0.4, -0.2) is 24.2 Å². The number of rotatable bonds is 4. The fourth-order valence-electron chi connectivity index (χ4n) is 2.29. The van der Waals surface area contributed by atoms with Gasteiger partial charge in [-0.3, -0.25) is 10.1 Å². The second-order valence-corrected chi connectivity index (χ2v) is 4.99. The zero-order chi connectivity index (χ0) is 15.6. The Balaban J connectivity index is 2.17. The first-order valence-electron chi connectivity index (χ1n) is 6.50. The zero-order valence-corrected chi connectivity index (χ0v) is 11.3. The maximum absolute atomic E-state index is 12.6. The number of halogens is 3. The van der Waals surface area contributed by atoms with Crippen molar-refractivity contribution in [2.45, 2.75) is 25.6 Å². The Morgan fingerprint density at radius 3 is 2.71 bits per heavy atom. The third-order valence-electron chi connectivity index (χ3n) is 3.61. The molecule has 1 aromatic carbocycles. The number of nitrogens with zero attached hydrogens (tertiary/aromatic N) is 1. The lowest BCUT2D eigenvalue weighted by molar-refractivity contribution is -0.384. The van der Waals surface area contributed by atoms with Crippen molar-refractivity contribution in [3.8, 4) is 0 Å². The van der Waals surface area contributed by atoms with Gasteiger partial charge in [0.15, 0.2) is 0 Å². The third kappa shape index (κ3) is 3.63. The molecule has 1 aliphatic heterocycles. The van der Waals surface area contributed by atoms with Crippen molar-refractivity contribution >= 4 is 11.4 Å². The highest BCUT2D eigenvalue weighted by atomic mass is 19.4. The summed E-state index contributed by atoms with van der Waals surface area (Å²) in [5.41, 5.74) is -1.51. The Morgan fingerprint density at radius 2 is 2.19 bits per heavy atom. The number of ether oxygens (including phenoxy) is 1. The van der Waals surface area contributed by atoms with Crippen LogP contribution in [0.15, 0.2) is 18.2 Å². The molecule has 2 atom stereocenters. The summed E-state index contributed by atoms with van der Waals surface area (Å²) in [7, 11) is 0. The molecule has 0 amide bonds. The van der Waals surface area contributed by atoms with Gasteiger partial charge in [-0.15, -0.1) is 0 Å². The summed E-state index contributed by atoms with van der Waals surface area (Å²) < 4.78 is 43.1. The first-order valence-corrected chi connectivity index (χ1v) is 6.50. The van der Waals surface area contributed by atoms with Gasteiger partial charge in [-0.2, -0.15) is 13.2 Å². The first kappa shape index (κ1) is 15.6. The van der Waals surface area contributed by atoms with Gasteiger partial charge in [0.05, 0.1) is 16.6 Å². The van der Waals surface area contributed by atoms with E-state index in [1.807, 2.05) is 6.92 Å². The van der Waals surface area contributed by atoms with Crippen molar-refractivity contribution in [1.29, 1.82) is 0 Å². The minimum atomic E-state index is -4.60. The van der Waals surface area contributed by atoms with Gasteiger partial charge in [-0.1, -0.05) is 0 Å². The van der Waals surface area contributed by atoms with E-state index < -0.39 is 22.4 Å². The molecule has 0 spiro atoms. The summed E-state index contributed by atoms with van der Waals surface area (Å²) in [6, 6.07) is 2.49. The largest absolute Gasteiger partial charge is 0.416 e. The van der Waals surface area contributed by atoms with E-state index in [4.69, 9.17) is 4.74 Å². The van der Waals surface area contributed by atoms with Crippen molar-refractivity contribution in [3.63, 3.8) is 0 Å². The smallest absolute Gasteiger partial charge is 0.379 e. The summed E-state index contributed by atoms with van der Waals surface area (Å²) in [4.78, 5) is 10.1. The summed E-state index contributed by atoms with van der Waals surface area (Å²) in [5, 5.41) is 13.8. The number of benzene rings is 1. The summed E-state index contributed by atoms with van der Waals surface area (Å²) in [5.74, 6) is 0.187. The molecule has 0 aromatic heterocycles. The van der Waals surface area contributed by atoms with Gasteiger partial charge in [-0.25, -0.2) is 0 Å². The van der Waals surface area contributed by atoms with Gasteiger partial charge >= 0.3 is 6.18 Å². The fourth-order valence-corrected chi connectivity index (χ4v) is 2.29.